The van der Waals surface area contributed by atoms with Gasteiger partial charge in [0.25, 0.3) is 0 Å². The number of piperazine rings is 1. The Morgan fingerprint density at radius 3 is 2.38 bits per heavy atom. The normalized spacial score (nSPS) is 26.8. The molecule has 8 heteroatoms. The molecular formula is C13H26N4O2S2. The summed E-state index contributed by atoms with van der Waals surface area (Å²) in [5, 5.41) is 0. The van der Waals surface area contributed by atoms with Crippen LogP contribution < -0.4 is 5.73 Å². The molecule has 0 aromatic heterocycles. The van der Waals surface area contributed by atoms with Crippen LogP contribution in [0.25, 0.3) is 0 Å². The van der Waals surface area contributed by atoms with E-state index in [1.165, 1.54) is 6.26 Å². The van der Waals surface area contributed by atoms with Crippen LogP contribution in [-0.4, -0.2) is 86.1 Å². The van der Waals surface area contributed by atoms with Gasteiger partial charge in [-0.05, 0) is 18.8 Å². The average Bonchev–Trinajstić information content (AvgIpc) is 2.40. The highest BCUT2D eigenvalue weighted by Crippen LogP contribution is 2.20. The van der Waals surface area contributed by atoms with Gasteiger partial charge in [-0.3, -0.25) is 4.90 Å². The van der Waals surface area contributed by atoms with Crippen LogP contribution in [-0.2, 0) is 10.0 Å². The van der Waals surface area contributed by atoms with Crippen molar-refractivity contribution in [3.8, 4) is 0 Å². The summed E-state index contributed by atoms with van der Waals surface area (Å²) in [7, 11) is -3.04. The SMILES string of the molecule is CS(=O)(=O)N1CCCC(CN2CCN(CC(N)=S)CC2)C1. The van der Waals surface area contributed by atoms with E-state index in [9.17, 15) is 8.42 Å². The van der Waals surface area contributed by atoms with E-state index in [-0.39, 0.29) is 0 Å². The summed E-state index contributed by atoms with van der Waals surface area (Å²) < 4.78 is 24.9. The molecule has 122 valence electrons. The Hall–Kier alpha value is -0.280. The molecule has 1 unspecified atom stereocenters. The maximum Gasteiger partial charge on any atom is 0.211 e. The number of piperidine rings is 1. The molecule has 2 N–H and O–H groups in total. The number of sulfonamides is 1. The number of nitrogens with zero attached hydrogens (tertiary/aromatic N) is 3. The van der Waals surface area contributed by atoms with E-state index in [1.807, 2.05) is 0 Å². The van der Waals surface area contributed by atoms with E-state index >= 15 is 0 Å². The minimum atomic E-state index is -3.04. The third-order valence-electron chi connectivity index (χ3n) is 4.31. The van der Waals surface area contributed by atoms with Crippen LogP contribution in [0.2, 0.25) is 0 Å². The number of hydrogen-bond acceptors (Lipinski definition) is 5. The smallest absolute Gasteiger partial charge is 0.211 e. The van der Waals surface area contributed by atoms with Gasteiger partial charge in [-0.2, -0.15) is 0 Å². The molecule has 0 spiro atoms. The van der Waals surface area contributed by atoms with Gasteiger partial charge in [0, 0.05) is 52.4 Å². The molecule has 2 rings (SSSR count). The van der Waals surface area contributed by atoms with Crippen molar-refractivity contribution in [2.45, 2.75) is 12.8 Å². The fourth-order valence-corrected chi connectivity index (χ4v) is 4.32. The third-order valence-corrected chi connectivity index (χ3v) is 5.71. The van der Waals surface area contributed by atoms with Gasteiger partial charge in [-0.1, -0.05) is 12.2 Å². The molecule has 0 radical (unpaired) electrons. The minimum absolute atomic E-state index is 0.454. The summed E-state index contributed by atoms with van der Waals surface area (Å²) in [6, 6.07) is 0. The van der Waals surface area contributed by atoms with Gasteiger partial charge in [0.1, 0.15) is 0 Å². The lowest BCUT2D eigenvalue weighted by Crippen LogP contribution is -2.51. The highest BCUT2D eigenvalue weighted by Gasteiger charge is 2.28. The van der Waals surface area contributed by atoms with Crippen molar-refractivity contribution >= 4 is 27.2 Å². The topological polar surface area (TPSA) is 69.9 Å². The fourth-order valence-electron chi connectivity index (χ4n) is 3.19. The Labute approximate surface area is 133 Å². The van der Waals surface area contributed by atoms with Crippen molar-refractivity contribution in [2.24, 2.45) is 11.7 Å². The molecule has 0 aromatic carbocycles. The van der Waals surface area contributed by atoms with E-state index in [2.05, 4.69) is 9.80 Å². The van der Waals surface area contributed by atoms with Crippen molar-refractivity contribution in [3.05, 3.63) is 0 Å². The van der Waals surface area contributed by atoms with Crippen LogP contribution in [0.4, 0.5) is 0 Å². The van der Waals surface area contributed by atoms with Gasteiger partial charge >= 0.3 is 0 Å². The van der Waals surface area contributed by atoms with E-state index in [1.54, 1.807) is 4.31 Å². The second-order valence-corrected chi connectivity index (χ2v) is 8.68. The largest absolute Gasteiger partial charge is 0.392 e. The number of hydrogen-bond donors (Lipinski definition) is 1. The summed E-state index contributed by atoms with van der Waals surface area (Å²) >= 11 is 4.94. The number of rotatable bonds is 5. The maximum atomic E-state index is 11.7. The maximum absolute atomic E-state index is 11.7. The van der Waals surface area contributed by atoms with Gasteiger partial charge < -0.3 is 10.6 Å². The van der Waals surface area contributed by atoms with Crippen molar-refractivity contribution < 1.29 is 8.42 Å². The predicted molar refractivity (Wildman–Crippen MR) is 88.8 cm³/mol. The van der Waals surface area contributed by atoms with Gasteiger partial charge in [-0.25, -0.2) is 12.7 Å². The van der Waals surface area contributed by atoms with Gasteiger partial charge in [0.15, 0.2) is 0 Å². The van der Waals surface area contributed by atoms with Gasteiger partial charge in [-0.15, -0.1) is 0 Å². The fraction of sp³-hybridized carbons (Fsp3) is 0.923. The number of nitrogens with two attached hydrogens (primary N) is 1. The van der Waals surface area contributed by atoms with Crippen LogP contribution >= 0.6 is 12.2 Å². The molecule has 2 saturated heterocycles. The molecule has 0 amide bonds. The summed E-state index contributed by atoms with van der Waals surface area (Å²) in [4.78, 5) is 5.27. The monoisotopic (exact) mass is 334 g/mol. The van der Waals surface area contributed by atoms with E-state index in [4.69, 9.17) is 18.0 Å². The van der Waals surface area contributed by atoms with E-state index < -0.39 is 10.0 Å². The lowest BCUT2D eigenvalue weighted by atomic mass is 9.99. The highest BCUT2D eigenvalue weighted by atomic mass is 32.2. The van der Waals surface area contributed by atoms with Gasteiger partial charge in [0.05, 0.1) is 11.2 Å². The van der Waals surface area contributed by atoms with Gasteiger partial charge in [0.2, 0.25) is 10.0 Å². The average molecular weight is 335 g/mol. The first-order valence-corrected chi connectivity index (χ1v) is 9.78. The Kier molecular flexibility index (Phi) is 5.96. The van der Waals surface area contributed by atoms with E-state index in [0.29, 0.717) is 30.5 Å². The minimum Gasteiger partial charge on any atom is -0.392 e. The zero-order chi connectivity index (χ0) is 15.5. The zero-order valence-electron chi connectivity index (χ0n) is 12.7. The molecule has 21 heavy (non-hydrogen) atoms. The quantitative estimate of drug-likeness (QED) is 0.688. The molecule has 0 aliphatic carbocycles. The molecule has 0 aromatic rings. The lowest BCUT2D eigenvalue weighted by molar-refractivity contribution is 0.113. The van der Waals surface area contributed by atoms with E-state index in [0.717, 1.165) is 45.6 Å². The van der Waals surface area contributed by atoms with Crippen molar-refractivity contribution in [1.82, 2.24) is 14.1 Å². The van der Waals surface area contributed by atoms with Crippen LogP contribution in [0, 0.1) is 5.92 Å². The molecule has 2 heterocycles. The Morgan fingerprint density at radius 1 is 1.19 bits per heavy atom. The molecule has 1 atom stereocenters. The zero-order valence-corrected chi connectivity index (χ0v) is 14.3. The molecule has 2 aliphatic rings. The summed E-state index contributed by atoms with van der Waals surface area (Å²) in [5.41, 5.74) is 5.58. The van der Waals surface area contributed by atoms with Crippen LogP contribution in [0.15, 0.2) is 0 Å². The molecule has 2 aliphatic heterocycles. The molecule has 2 fully saturated rings. The Bertz CT molecular complexity index is 461. The molecular weight excluding hydrogens is 308 g/mol. The van der Waals surface area contributed by atoms with Crippen molar-refractivity contribution in [2.75, 3.05) is 58.6 Å². The molecule has 0 bridgehead atoms. The Balaban J connectivity index is 1.77. The first-order chi connectivity index (χ1) is 9.84. The van der Waals surface area contributed by atoms with Crippen molar-refractivity contribution in [3.63, 3.8) is 0 Å². The first kappa shape index (κ1) is 17.1. The summed E-state index contributed by atoms with van der Waals surface area (Å²) in [6.45, 7) is 7.04. The number of thiocarbonyl (C=S) groups is 1. The van der Waals surface area contributed by atoms with Crippen LogP contribution in [0.3, 0.4) is 0 Å². The van der Waals surface area contributed by atoms with Crippen LogP contribution in [0.1, 0.15) is 12.8 Å². The highest BCUT2D eigenvalue weighted by molar-refractivity contribution is 7.88. The first-order valence-electron chi connectivity index (χ1n) is 7.53. The summed E-state index contributed by atoms with van der Waals surface area (Å²) in [6.07, 6.45) is 3.40. The molecule has 6 nitrogen and oxygen atoms in total. The lowest BCUT2D eigenvalue weighted by Gasteiger charge is -2.38. The van der Waals surface area contributed by atoms with Crippen LogP contribution in [0.5, 0.6) is 0 Å². The third kappa shape index (κ3) is 5.45. The summed E-state index contributed by atoms with van der Waals surface area (Å²) in [5.74, 6) is 0.454. The standard InChI is InChI=1S/C13H26N4O2S2/c1-21(18,19)17-4-2-3-12(10-17)9-15-5-7-16(8-6-15)11-13(14)20/h12H,2-11H2,1H3,(H2,14,20). The Morgan fingerprint density at radius 2 is 1.81 bits per heavy atom. The molecule has 0 saturated carbocycles. The predicted octanol–water partition coefficient (Wildman–Crippen LogP) is -0.438. The second kappa shape index (κ2) is 7.32. The van der Waals surface area contributed by atoms with Crippen molar-refractivity contribution in [1.29, 1.82) is 0 Å². The second-order valence-electron chi connectivity index (χ2n) is 6.17.